The van der Waals surface area contributed by atoms with Crippen molar-refractivity contribution in [1.82, 2.24) is 89.9 Å². The lowest BCUT2D eigenvalue weighted by atomic mass is 9.77. The summed E-state index contributed by atoms with van der Waals surface area (Å²) in [5, 5.41) is 19.3. The van der Waals surface area contributed by atoms with Crippen molar-refractivity contribution in [3.63, 3.8) is 0 Å². The number of aliphatic hydroxyl groups is 1. The molecule has 7 saturated heterocycles. The van der Waals surface area contributed by atoms with E-state index in [-0.39, 0.29) is 189 Å². The molecule has 45 heteroatoms. The van der Waals surface area contributed by atoms with E-state index in [1.807, 2.05) is 95.6 Å². The van der Waals surface area contributed by atoms with Crippen molar-refractivity contribution < 1.29 is 67.2 Å². The summed E-state index contributed by atoms with van der Waals surface area (Å²) >= 11 is 26.9. The Hall–Kier alpha value is -8.54. The molecule has 6 atom stereocenters. The molecule has 7 fully saturated rings. The number of hydrogen-bond acceptors (Lipinski definition) is 26. The molecule has 0 radical (unpaired) electrons. The maximum Gasteiger partial charge on any atom is 0.494 e. The van der Waals surface area contributed by atoms with E-state index in [4.69, 9.17) is 80.0 Å². The van der Waals surface area contributed by atoms with Crippen molar-refractivity contribution in [3.05, 3.63) is 226 Å². The number of halogens is 4. The van der Waals surface area contributed by atoms with Crippen LogP contribution in [0, 0.1) is 23.7 Å². The average Bonchev–Trinajstić information content (AvgIpc) is 1.63. The Kier molecular flexibility index (Phi) is 51.6. The van der Waals surface area contributed by atoms with Gasteiger partial charge in [0, 0.05) is 169 Å². The monoisotopic (exact) mass is 2150 g/mol. The molecule has 8 N–H and O–H groups in total. The molecule has 140 heavy (non-hydrogen) atoms. The van der Waals surface area contributed by atoms with Crippen LogP contribution in [-0.2, 0) is 38.5 Å². The fourth-order valence-electron chi connectivity index (χ4n) is 16.2. The number of thiol groups is 1. The Bertz CT molecular complexity index is 6040. The second kappa shape index (κ2) is 58.4. The van der Waals surface area contributed by atoms with Crippen LogP contribution in [0.25, 0.3) is 55.4 Å². The van der Waals surface area contributed by atoms with Crippen molar-refractivity contribution in [3.8, 4) is 28.9 Å². The predicted molar refractivity (Wildman–Crippen MR) is 587 cm³/mol. The number of nitrogens with one attached hydrogen (secondary N) is 3. The number of ether oxygens (including phenoxy) is 3. The van der Waals surface area contributed by atoms with E-state index < -0.39 is 10.0 Å². The van der Waals surface area contributed by atoms with Crippen molar-refractivity contribution in [2.75, 3.05) is 91.3 Å². The zero-order valence-corrected chi connectivity index (χ0v) is 88.9. The van der Waals surface area contributed by atoms with E-state index in [1.54, 1.807) is 78.3 Å². The summed E-state index contributed by atoms with van der Waals surface area (Å²) in [5.41, 5.74) is 12.1. The van der Waals surface area contributed by atoms with Gasteiger partial charge in [0.1, 0.15) is 21.0 Å². The number of fused-ring (bicyclic) bond motifs is 4. The number of amides is 4. The summed E-state index contributed by atoms with van der Waals surface area (Å²) in [5.74, 6) is 3.01. The van der Waals surface area contributed by atoms with Gasteiger partial charge in [-0.2, -0.15) is 104 Å². The number of benzene rings is 4. The van der Waals surface area contributed by atoms with E-state index in [0.29, 0.717) is 174 Å². The van der Waals surface area contributed by atoms with Crippen LogP contribution in [0.4, 0.5) is 0 Å². The van der Waals surface area contributed by atoms with Gasteiger partial charge >= 0.3 is 7.12 Å². The van der Waals surface area contributed by atoms with Gasteiger partial charge in [-0.1, -0.05) is 163 Å². The number of piperidine rings is 2. The highest BCUT2D eigenvalue weighted by molar-refractivity contribution is 7.88. The molecule has 0 spiro atoms. The fraction of sp³-hybridized carbons (Fsp3) is 0.411. The Morgan fingerprint density at radius 2 is 0.850 bits per heavy atom. The van der Waals surface area contributed by atoms with E-state index in [1.165, 1.54) is 30.2 Å². The number of nitrogens with zero attached hydrogens (tertiary/aromatic N) is 15. The molecule has 19 rings (SSSR count). The van der Waals surface area contributed by atoms with E-state index in [0.717, 1.165) is 53.8 Å². The SMILES string of the molecule is C.CC1(C)OB(c2ccc(C3CCNCC3)cc2)OC1(C)C.CS.CS(=O)(=O)N1CCC(c2ccc(-c3cc4nccnc4c(OC[C@@H]4CNC(=O)C4)n3)cc2)CC1.C[C@@H](c1ccccc1)N1CC(CO)CC1=O.C[C@@H](c1ccccc1)N1C[C@@H](COc2nc(Cl)cc3nccnc23)CC1=O.Clc1cc2nccnc2c(Cl)n1.O.O.O=C1C[C@H](COc2nc(Cl)cc3nccnc23)CN1.S.S.S.S.S.S. The van der Waals surface area contributed by atoms with Crippen LogP contribution in [0.3, 0.4) is 0 Å². The molecule has 15 heterocycles. The summed E-state index contributed by atoms with van der Waals surface area (Å²) in [4.78, 5) is 101. The highest BCUT2D eigenvalue weighted by Gasteiger charge is 2.52. The minimum atomic E-state index is -3.13. The van der Waals surface area contributed by atoms with Gasteiger partial charge in [0.15, 0.2) is 21.7 Å². The third kappa shape index (κ3) is 33.3. The van der Waals surface area contributed by atoms with Gasteiger partial charge in [0.25, 0.3) is 0 Å². The number of likely N-dealkylation sites (tertiary alicyclic amines) is 2. The summed E-state index contributed by atoms with van der Waals surface area (Å²) in [6.45, 7) is 19.6. The summed E-state index contributed by atoms with van der Waals surface area (Å²) in [6, 6.07) is 44.1. The molecule has 0 bridgehead atoms. The third-order valence-corrected chi connectivity index (χ3v) is 26.3. The van der Waals surface area contributed by atoms with Crippen LogP contribution in [-0.4, -0.2) is 232 Å². The molecular formula is C95H127BCl4N18O14S8. The molecule has 7 aliphatic heterocycles. The van der Waals surface area contributed by atoms with Gasteiger partial charge in [0.05, 0.1) is 77.1 Å². The number of aliphatic hydroxyl groups excluding tert-OH is 1. The Balaban J connectivity index is 0.000000354. The Morgan fingerprint density at radius 3 is 1.26 bits per heavy atom. The molecule has 0 saturated carbocycles. The van der Waals surface area contributed by atoms with Gasteiger partial charge in [-0.05, 0) is 132 Å². The quantitative estimate of drug-likeness (QED) is 0.0285. The van der Waals surface area contributed by atoms with Gasteiger partial charge in [-0.25, -0.2) is 42.6 Å². The number of carbonyl (C=O) groups is 4. The van der Waals surface area contributed by atoms with Gasteiger partial charge in [0.2, 0.25) is 51.3 Å². The minimum absolute atomic E-state index is 0. The lowest BCUT2D eigenvalue weighted by molar-refractivity contribution is -0.130. The van der Waals surface area contributed by atoms with E-state index in [2.05, 4.69) is 154 Å². The normalized spacial score (nSPS) is 18.1. The molecular weight excluding hydrogens is 2030 g/mol. The van der Waals surface area contributed by atoms with E-state index >= 15 is 0 Å². The number of hydrogen-bond donors (Lipinski definition) is 5. The summed E-state index contributed by atoms with van der Waals surface area (Å²) in [6.07, 6.45) is 21.7. The molecule has 8 aromatic heterocycles. The topological polar surface area (TPSA) is 432 Å². The third-order valence-electron chi connectivity index (χ3n) is 24.2. The Morgan fingerprint density at radius 1 is 0.486 bits per heavy atom. The van der Waals surface area contributed by atoms with Crippen molar-refractivity contribution in [2.24, 2.45) is 23.7 Å². The lowest BCUT2D eigenvalue weighted by Gasteiger charge is -2.32. The zero-order chi connectivity index (χ0) is 92.9. The molecule has 4 amide bonds. The summed E-state index contributed by atoms with van der Waals surface area (Å²) in [7, 11) is -3.38. The van der Waals surface area contributed by atoms with Gasteiger partial charge in [-0.15, -0.1) is 0 Å². The second-order valence-corrected chi connectivity index (χ2v) is 37.4. The number of rotatable bonds is 19. The molecule has 7 aliphatic rings. The van der Waals surface area contributed by atoms with Crippen LogP contribution >= 0.6 is 140 Å². The predicted octanol–water partition coefficient (Wildman–Crippen LogP) is 13.8. The zero-order valence-electron chi connectivity index (χ0n) is 78.2. The maximum absolute atomic E-state index is 12.5. The molecule has 32 nitrogen and oxygen atoms in total. The lowest BCUT2D eigenvalue weighted by Crippen LogP contribution is -2.41. The number of sulfonamides is 1. The van der Waals surface area contributed by atoms with Crippen LogP contribution in [0.1, 0.15) is 147 Å². The molecule has 1 unspecified atom stereocenters. The standard InChI is InChI=1S/C24H27N5O4S.C20H19ClN4O2.C17H26BNO2.C13H17NO2.C12H11ClN4O2.C7H3Cl2N3.CH4S.CH4.2H2O.6H2S/c1-34(31,32)29-10-6-18(7-11-29)17-2-4-19(5-3-17)20-13-21-23(26-9-8-25-21)24(28-20)33-15-16-12-22(30)27-14-16;1-13(15-5-3-2-4-6-15)25-11-14(9-18(25)26)12-27-20-19-16(10-17(21)24-20)22-7-8-23-19;1-16(2)17(3,4)21-18(20-16)15-7-5-13(6-8-15)14-9-11-19-12-10-14;1-10(12-5-3-2-4-6-12)14-8-11(9-15)7-13(14)16;13-9-4-8-11(15-2-1-14-8)12(17-9)19-6-7-3-10(18)16-5-7;8-5-3-4-6(7(9)12-5)11-2-1-10-4;1-2;;;;;;;;;/h2-5,8-9,13,16,18H,6-7,10-12,14-15H2,1H3,(H,27,30);2-8,10,13-14H,9,11-12H2,1H3;5-8,14,19H,9-12H2,1-4H3;2-6,10-11,15H,7-9H2,1H3;1-2,4,7H,3,5-6H2,(H,16,18);1-3H;2H,1H3;1H4;8*1H2/t16-;13-,14-;;10-,11?;7-;;;;;;;;;;;/m00.00.........../s1. The van der Waals surface area contributed by atoms with Gasteiger partial charge < -0.3 is 65.3 Å². The first kappa shape index (κ1) is 124. The first-order valence-electron chi connectivity index (χ1n) is 43.6. The van der Waals surface area contributed by atoms with Crippen LogP contribution in [0.2, 0.25) is 20.6 Å². The average molecular weight is 2150 g/mol. The maximum atomic E-state index is 12.5. The van der Waals surface area contributed by atoms with Crippen molar-refractivity contribution in [1.29, 1.82) is 0 Å². The fourth-order valence-corrected chi connectivity index (χ4v) is 17.9. The van der Waals surface area contributed by atoms with Crippen LogP contribution < -0.4 is 35.6 Å². The van der Waals surface area contributed by atoms with Crippen LogP contribution in [0.5, 0.6) is 17.6 Å². The largest absolute Gasteiger partial charge is 0.494 e. The van der Waals surface area contributed by atoms with Crippen molar-refractivity contribution in [2.45, 2.75) is 135 Å². The second-order valence-electron chi connectivity index (χ2n) is 33.9. The highest BCUT2D eigenvalue weighted by Crippen LogP contribution is 2.39. The first-order chi connectivity index (χ1) is 63.1. The first-order valence-corrected chi connectivity index (χ1v) is 47.8. The highest BCUT2D eigenvalue weighted by atomic mass is 35.5. The van der Waals surface area contributed by atoms with E-state index in [9.17, 15) is 27.6 Å². The number of pyridine rings is 4. The Labute approximate surface area is 885 Å². The minimum Gasteiger partial charge on any atom is -0.476 e. The molecule has 760 valence electrons. The summed E-state index contributed by atoms with van der Waals surface area (Å²) < 4.78 is 54.8. The van der Waals surface area contributed by atoms with Crippen LogP contribution in [0.15, 0.2) is 183 Å². The number of aromatic nitrogens is 12. The molecule has 12 aromatic rings. The molecule has 4 aromatic carbocycles. The van der Waals surface area contributed by atoms with Crippen molar-refractivity contribution >= 4 is 230 Å². The number of carbonyl (C=O) groups excluding carboxylic acids is 4. The smallest absolute Gasteiger partial charge is 0.476 e. The van der Waals surface area contributed by atoms with Gasteiger partial charge in [-0.3, -0.25) is 39.1 Å². The molecule has 0 aliphatic carbocycles.